The van der Waals surface area contributed by atoms with Gasteiger partial charge in [0.15, 0.2) is 5.79 Å². The monoisotopic (exact) mass is 179 g/mol. The van der Waals surface area contributed by atoms with E-state index in [0.717, 1.165) is 24.8 Å². The van der Waals surface area contributed by atoms with Gasteiger partial charge in [0, 0.05) is 18.4 Å². The van der Waals surface area contributed by atoms with Crippen LogP contribution < -0.4 is 0 Å². The van der Waals surface area contributed by atoms with Gasteiger partial charge in [-0.05, 0) is 12.8 Å². The van der Waals surface area contributed by atoms with Gasteiger partial charge in [-0.1, -0.05) is 6.08 Å². The van der Waals surface area contributed by atoms with E-state index in [2.05, 4.69) is 6.07 Å². The summed E-state index contributed by atoms with van der Waals surface area (Å²) in [4.78, 5) is 0. The first-order chi connectivity index (χ1) is 6.35. The molecule has 1 aliphatic heterocycles. The number of hydrogen-bond acceptors (Lipinski definition) is 3. The molecule has 1 heterocycles. The normalized spacial score (nSPS) is 26.5. The lowest BCUT2D eigenvalue weighted by Gasteiger charge is -2.25. The molecular weight excluding hydrogens is 166 g/mol. The average Bonchev–Trinajstić information content (AvgIpc) is 2.48. The summed E-state index contributed by atoms with van der Waals surface area (Å²) in [5, 5.41) is 8.83. The second-order valence-corrected chi connectivity index (χ2v) is 3.52. The molecular formula is C10H13NO2. The van der Waals surface area contributed by atoms with Crippen molar-refractivity contribution in [2.75, 3.05) is 13.2 Å². The molecule has 0 aromatic heterocycles. The molecule has 1 aliphatic carbocycles. The van der Waals surface area contributed by atoms with Gasteiger partial charge in [0.05, 0.1) is 19.3 Å². The molecule has 3 nitrogen and oxygen atoms in total. The summed E-state index contributed by atoms with van der Waals surface area (Å²) >= 11 is 0. The third kappa shape index (κ3) is 1.74. The van der Waals surface area contributed by atoms with Crippen molar-refractivity contribution in [1.82, 2.24) is 0 Å². The molecule has 1 spiro atoms. The summed E-state index contributed by atoms with van der Waals surface area (Å²) in [5.41, 5.74) is 0.805. The summed E-state index contributed by atoms with van der Waals surface area (Å²) < 4.78 is 11.2. The second-order valence-electron chi connectivity index (χ2n) is 3.52. The van der Waals surface area contributed by atoms with Gasteiger partial charge in [0.2, 0.25) is 0 Å². The van der Waals surface area contributed by atoms with Crippen molar-refractivity contribution in [2.24, 2.45) is 0 Å². The van der Waals surface area contributed by atoms with Crippen molar-refractivity contribution in [2.45, 2.75) is 31.5 Å². The number of nitrogens with zero attached hydrogens (tertiary/aromatic N) is 1. The zero-order chi connectivity index (χ0) is 9.15. The smallest absolute Gasteiger partial charge is 0.173 e. The van der Waals surface area contributed by atoms with E-state index in [1.165, 1.54) is 0 Å². The molecule has 0 radical (unpaired) electrons. The highest BCUT2D eigenvalue weighted by Gasteiger charge is 2.37. The van der Waals surface area contributed by atoms with E-state index in [9.17, 15) is 0 Å². The fraction of sp³-hybridized carbons (Fsp3) is 0.700. The Hall–Kier alpha value is -0.850. The topological polar surface area (TPSA) is 42.2 Å². The minimum atomic E-state index is -0.460. The molecule has 13 heavy (non-hydrogen) atoms. The Morgan fingerprint density at radius 3 is 2.85 bits per heavy atom. The fourth-order valence-electron chi connectivity index (χ4n) is 1.93. The van der Waals surface area contributed by atoms with Crippen LogP contribution in [-0.2, 0) is 9.47 Å². The van der Waals surface area contributed by atoms with E-state index in [0.29, 0.717) is 19.6 Å². The van der Waals surface area contributed by atoms with Crippen molar-refractivity contribution in [3.8, 4) is 6.07 Å². The molecule has 2 rings (SSSR count). The van der Waals surface area contributed by atoms with E-state index >= 15 is 0 Å². The molecule has 0 saturated carbocycles. The van der Waals surface area contributed by atoms with Crippen LogP contribution in [0.3, 0.4) is 0 Å². The number of ether oxygens (including phenoxy) is 2. The molecule has 1 saturated heterocycles. The Morgan fingerprint density at radius 2 is 2.15 bits per heavy atom. The predicted molar refractivity (Wildman–Crippen MR) is 46.8 cm³/mol. The van der Waals surface area contributed by atoms with Crippen LogP contribution in [0.2, 0.25) is 0 Å². The Morgan fingerprint density at radius 1 is 1.38 bits per heavy atom. The molecule has 0 unspecified atom stereocenters. The van der Waals surface area contributed by atoms with E-state index < -0.39 is 5.79 Å². The lowest BCUT2D eigenvalue weighted by Crippen LogP contribution is -2.29. The number of nitriles is 1. The van der Waals surface area contributed by atoms with E-state index in [1.807, 2.05) is 6.08 Å². The van der Waals surface area contributed by atoms with Crippen molar-refractivity contribution in [3.05, 3.63) is 11.6 Å². The van der Waals surface area contributed by atoms with Gasteiger partial charge in [-0.25, -0.2) is 0 Å². The first-order valence-electron chi connectivity index (χ1n) is 4.72. The van der Waals surface area contributed by atoms with Crippen LogP contribution in [0.15, 0.2) is 11.6 Å². The SMILES string of the molecule is N#CC1=CCCCC2(C1)OCCO2. The minimum Gasteiger partial charge on any atom is -0.347 e. The molecule has 0 atom stereocenters. The lowest BCUT2D eigenvalue weighted by molar-refractivity contribution is -0.159. The predicted octanol–water partition coefficient (Wildman–Crippen LogP) is 1.75. The molecule has 0 aromatic carbocycles. The van der Waals surface area contributed by atoms with E-state index in [1.54, 1.807) is 0 Å². The first kappa shape index (κ1) is 8.74. The van der Waals surface area contributed by atoms with E-state index in [-0.39, 0.29) is 0 Å². The average molecular weight is 179 g/mol. The summed E-state index contributed by atoms with van der Waals surface area (Å²) in [7, 11) is 0. The molecule has 0 amide bonds. The van der Waals surface area contributed by atoms with Gasteiger partial charge in [-0.2, -0.15) is 5.26 Å². The highest BCUT2D eigenvalue weighted by molar-refractivity contribution is 5.23. The van der Waals surface area contributed by atoms with E-state index in [4.69, 9.17) is 14.7 Å². The first-order valence-corrected chi connectivity index (χ1v) is 4.72. The van der Waals surface area contributed by atoms with Crippen LogP contribution in [-0.4, -0.2) is 19.0 Å². The Bertz CT molecular complexity index is 259. The maximum absolute atomic E-state index is 8.83. The van der Waals surface area contributed by atoms with Gasteiger partial charge in [0.1, 0.15) is 0 Å². The van der Waals surface area contributed by atoms with Crippen molar-refractivity contribution in [3.63, 3.8) is 0 Å². The standard InChI is InChI=1S/C10H13NO2/c11-8-9-3-1-2-4-10(7-9)12-5-6-13-10/h3H,1-2,4-7H2. The molecule has 0 bridgehead atoms. The second kappa shape index (κ2) is 3.49. The zero-order valence-corrected chi connectivity index (χ0v) is 7.58. The summed E-state index contributed by atoms with van der Waals surface area (Å²) in [6.45, 7) is 1.33. The zero-order valence-electron chi connectivity index (χ0n) is 7.58. The molecule has 3 heteroatoms. The molecule has 0 aromatic rings. The van der Waals surface area contributed by atoms with Crippen molar-refractivity contribution >= 4 is 0 Å². The van der Waals surface area contributed by atoms with Gasteiger partial charge in [0.25, 0.3) is 0 Å². The maximum atomic E-state index is 8.83. The van der Waals surface area contributed by atoms with Crippen molar-refractivity contribution < 1.29 is 9.47 Å². The Kier molecular flexibility index (Phi) is 2.34. The van der Waals surface area contributed by atoms with Crippen molar-refractivity contribution in [1.29, 1.82) is 5.26 Å². The van der Waals surface area contributed by atoms with Crippen LogP contribution in [0, 0.1) is 11.3 Å². The van der Waals surface area contributed by atoms with Crippen LogP contribution in [0.25, 0.3) is 0 Å². The third-order valence-corrected chi connectivity index (χ3v) is 2.57. The third-order valence-electron chi connectivity index (χ3n) is 2.57. The largest absolute Gasteiger partial charge is 0.347 e. The van der Waals surface area contributed by atoms with Crippen LogP contribution in [0.4, 0.5) is 0 Å². The number of hydrogen-bond donors (Lipinski definition) is 0. The van der Waals surface area contributed by atoms with Crippen LogP contribution in [0.5, 0.6) is 0 Å². The molecule has 70 valence electrons. The summed E-state index contributed by atoms with van der Waals surface area (Å²) in [5.74, 6) is -0.460. The highest BCUT2D eigenvalue weighted by Crippen LogP contribution is 2.34. The highest BCUT2D eigenvalue weighted by atomic mass is 16.7. The van der Waals surface area contributed by atoms with Gasteiger partial charge >= 0.3 is 0 Å². The number of allylic oxidation sites excluding steroid dienone is 1. The number of rotatable bonds is 0. The quantitative estimate of drug-likeness (QED) is 0.569. The molecule has 0 N–H and O–H groups in total. The minimum absolute atomic E-state index is 0.460. The molecule has 1 fully saturated rings. The maximum Gasteiger partial charge on any atom is 0.173 e. The Balaban J connectivity index is 2.13. The Labute approximate surface area is 77.9 Å². The molecule has 2 aliphatic rings. The van der Waals surface area contributed by atoms with Gasteiger partial charge in [-0.15, -0.1) is 0 Å². The van der Waals surface area contributed by atoms with Crippen LogP contribution in [0.1, 0.15) is 25.7 Å². The summed E-state index contributed by atoms with van der Waals surface area (Å²) in [6, 6.07) is 2.20. The summed E-state index contributed by atoms with van der Waals surface area (Å²) in [6.07, 6.45) is 5.56. The van der Waals surface area contributed by atoms with Gasteiger partial charge < -0.3 is 9.47 Å². The van der Waals surface area contributed by atoms with Crippen LogP contribution >= 0.6 is 0 Å². The van der Waals surface area contributed by atoms with Gasteiger partial charge in [-0.3, -0.25) is 0 Å². The lowest BCUT2D eigenvalue weighted by atomic mass is 10.1. The fourth-order valence-corrected chi connectivity index (χ4v) is 1.93.